The van der Waals surface area contributed by atoms with Crippen molar-refractivity contribution in [1.82, 2.24) is 0 Å². The minimum atomic E-state index is -2.53. The summed E-state index contributed by atoms with van der Waals surface area (Å²) in [6.07, 6.45) is 0. The minimum Gasteiger partial charge on any atom is -0.768 e. The third-order valence-electron chi connectivity index (χ3n) is 2.63. The molecule has 1 aromatic carbocycles. The molecule has 5 nitrogen and oxygen atoms in total. The number of benzene rings is 1. The summed E-state index contributed by atoms with van der Waals surface area (Å²) >= 11 is -4.99. The topological polar surface area (TPSA) is 106 Å². The van der Waals surface area contributed by atoms with E-state index in [4.69, 9.17) is 5.73 Å². The van der Waals surface area contributed by atoms with Gasteiger partial charge in [-0.25, -0.2) is 0 Å². The van der Waals surface area contributed by atoms with Crippen LogP contribution < -0.4 is 5.73 Å². The molecule has 3 unspecified atom stereocenters. The van der Waals surface area contributed by atoms with Crippen molar-refractivity contribution in [3.8, 4) is 0 Å². The number of hydrogen-bond acceptors (Lipinski definition) is 5. The lowest BCUT2D eigenvalue weighted by molar-refractivity contribution is 0.323. The van der Waals surface area contributed by atoms with E-state index in [1.165, 1.54) is 12.1 Å². The average molecular weight is 289 g/mol. The first-order chi connectivity index (χ1) is 8.14. The van der Waals surface area contributed by atoms with E-state index in [9.17, 15) is 17.5 Å². The van der Waals surface area contributed by atoms with Gasteiger partial charge in [0.2, 0.25) is 0 Å². The monoisotopic (exact) mass is 289 g/mol. The van der Waals surface area contributed by atoms with E-state index in [1.807, 2.05) is 20.8 Å². The number of rotatable bonds is 3. The van der Waals surface area contributed by atoms with Gasteiger partial charge in [0.05, 0.1) is 0 Å². The van der Waals surface area contributed by atoms with E-state index >= 15 is 0 Å². The van der Waals surface area contributed by atoms with Gasteiger partial charge in [0.1, 0.15) is 0 Å². The Bertz CT molecular complexity index is 496. The standard InChI is InChI=1S/C11H17NO4S2/c1-11(2,3)10(12)8-5-4-7(17(13)14)6-9(8)18(15)16/h4-6,10H,12H2,1-3H3,(H,13,14)(H,15,16)/p-2. The van der Waals surface area contributed by atoms with Gasteiger partial charge in [0, 0.05) is 15.8 Å². The van der Waals surface area contributed by atoms with Crippen LogP contribution in [-0.4, -0.2) is 17.5 Å². The fraction of sp³-hybridized carbons (Fsp3) is 0.455. The summed E-state index contributed by atoms with van der Waals surface area (Å²) in [5.41, 5.74) is 6.10. The Hall–Kier alpha value is -0.600. The molecule has 18 heavy (non-hydrogen) atoms. The first-order valence-electron chi connectivity index (χ1n) is 5.22. The zero-order chi connectivity index (χ0) is 14.1. The van der Waals surface area contributed by atoms with Crippen LogP contribution in [0, 0.1) is 5.41 Å². The van der Waals surface area contributed by atoms with Crippen molar-refractivity contribution < 1.29 is 17.5 Å². The summed E-state index contributed by atoms with van der Waals surface area (Å²) in [7, 11) is 0. The molecule has 3 atom stereocenters. The maximum Gasteiger partial charge on any atom is 0.0355 e. The Morgan fingerprint density at radius 3 is 2.11 bits per heavy atom. The van der Waals surface area contributed by atoms with E-state index in [-0.39, 0.29) is 15.2 Å². The second-order valence-electron chi connectivity index (χ2n) is 5.01. The molecule has 0 aliphatic carbocycles. The highest BCUT2D eigenvalue weighted by Gasteiger charge is 2.24. The summed E-state index contributed by atoms with van der Waals surface area (Å²) in [4.78, 5) is -0.141. The molecular weight excluding hydrogens is 274 g/mol. The van der Waals surface area contributed by atoms with E-state index in [2.05, 4.69) is 0 Å². The van der Waals surface area contributed by atoms with Crippen molar-refractivity contribution in [3.63, 3.8) is 0 Å². The minimum absolute atomic E-state index is 0.0703. The van der Waals surface area contributed by atoms with Crippen LogP contribution in [0.25, 0.3) is 0 Å². The van der Waals surface area contributed by atoms with Crippen molar-refractivity contribution in [3.05, 3.63) is 23.8 Å². The van der Waals surface area contributed by atoms with Gasteiger partial charge in [0.25, 0.3) is 0 Å². The Labute approximate surface area is 111 Å². The maximum absolute atomic E-state index is 11.2. The third-order valence-corrected chi connectivity index (χ3v) is 3.98. The van der Waals surface area contributed by atoms with Crippen molar-refractivity contribution in [1.29, 1.82) is 0 Å². The third kappa shape index (κ3) is 3.46. The first kappa shape index (κ1) is 15.5. The molecule has 0 amide bonds. The van der Waals surface area contributed by atoms with Crippen LogP contribution >= 0.6 is 0 Å². The largest absolute Gasteiger partial charge is 0.768 e. The molecule has 0 radical (unpaired) electrons. The number of nitrogens with two attached hydrogens (primary N) is 1. The van der Waals surface area contributed by atoms with Gasteiger partial charge in [-0.2, -0.15) is 0 Å². The van der Waals surface area contributed by atoms with Gasteiger partial charge in [-0.15, -0.1) is 0 Å². The van der Waals surface area contributed by atoms with E-state index in [0.717, 1.165) is 6.07 Å². The fourth-order valence-corrected chi connectivity index (χ4v) is 2.56. The van der Waals surface area contributed by atoms with Crippen molar-refractivity contribution in [2.45, 2.75) is 36.6 Å². The van der Waals surface area contributed by atoms with Crippen molar-refractivity contribution in [2.75, 3.05) is 0 Å². The van der Waals surface area contributed by atoms with E-state index in [1.54, 1.807) is 0 Å². The van der Waals surface area contributed by atoms with Gasteiger partial charge >= 0.3 is 0 Å². The molecule has 7 heteroatoms. The highest BCUT2D eigenvalue weighted by atomic mass is 32.2. The Balaban J connectivity index is 3.37. The normalized spacial score (nSPS) is 17.2. The van der Waals surface area contributed by atoms with Gasteiger partial charge < -0.3 is 14.8 Å². The predicted octanol–water partition coefficient (Wildman–Crippen LogP) is 1.21. The Kier molecular flexibility index (Phi) is 4.79. The van der Waals surface area contributed by atoms with Gasteiger partial charge in [-0.3, -0.25) is 8.42 Å². The smallest absolute Gasteiger partial charge is 0.0355 e. The van der Waals surface area contributed by atoms with Crippen LogP contribution in [0.15, 0.2) is 28.0 Å². The molecule has 102 valence electrons. The fourth-order valence-electron chi connectivity index (χ4n) is 1.49. The molecule has 0 heterocycles. The molecule has 2 N–H and O–H groups in total. The van der Waals surface area contributed by atoms with E-state index < -0.39 is 28.2 Å². The molecule has 0 saturated carbocycles. The summed E-state index contributed by atoms with van der Waals surface area (Å²) in [5.74, 6) is 0. The zero-order valence-electron chi connectivity index (χ0n) is 10.3. The van der Waals surface area contributed by atoms with Crippen LogP contribution in [0.3, 0.4) is 0 Å². The summed E-state index contributed by atoms with van der Waals surface area (Å²) < 4.78 is 44.0. The van der Waals surface area contributed by atoms with Crippen LogP contribution in [0.2, 0.25) is 0 Å². The lowest BCUT2D eigenvalue weighted by atomic mass is 9.83. The van der Waals surface area contributed by atoms with Crippen LogP contribution in [0.4, 0.5) is 0 Å². The molecule has 0 saturated heterocycles. The summed E-state index contributed by atoms with van der Waals surface area (Å²) in [6.45, 7) is 5.65. The zero-order valence-corrected chi connectivity index (χ0v) is 12.0. The molecule has 0 bridgehead atoms. The summed E-state index contributed by atoms with van der Waals surface area (Å²) in [6, 6.07) is 3.42. The SMILES string of the molecule is CC(C)(C)C(N)c1ccc(S(=O)[O-])cc1S(=O)[O-]. The van der Waals surface area contributed by atoms with Gasteiger partial charge in [0.15, 0.2) is 0 Å². The lowest BCUT2D eigenvalue weighted by Crippen LogP contribution is -2.27. The molecular formula is C11H15NO4S2-2. The number of hydrogen-bond donors (Lipinski definition) is 1. The van der Waals surface area contributed by atoms with Crippen molar-refractivity contribution >= 4 is 22.2 Å². The van der Waals surface area contributed by atoms with E-state index in [0.29, 0.717) is 5.56 Å². The maximum atomic E-state index is 11.2. The van der Waals surface area contributed by atoms with Gasteiger partial charge in [-0.05, 0) is 45.3 Å². The highest BCUT2D eigenvalue weighted by molar-refractivity contribution is 7.80. The Morgan fingerprint density at radius 2 is 1.72 bits per heavy atom. The molecule has 0 spiro atoms. The molecule has 1 aromatic rings. The quantitative estimate of drug-likeness (QED) is 0.842. The predicted molar refractivity (Wildman–Crippen MR) is 67.2 cm³/mol. The average Bonchev–Trinajstić information content (AvgIpc) is 2.25. The molecule has 0 aliphatic heterocycles. The molecule has 1 rings (SSSR count). The lowest BCUT2D eigenvalue weighted by Gasteiger charge is -2.29. The van der Waals surface area contributed by atoms with Gasteiger partial charge in [-0.1, -0.05) is 26.8 Å². The Morgan fingerprint density at radius 1 is 1.17 bits per heavy atom. The second kappa shape index (κ2) is 5.58. The highest BCUT2D eigenvalue weighted by Crippen LogP contribution is 2.33. The second-order valence-corrected chi connectivity index (χ2v) is 6.86. The first-order valence-corrected chi connectivity index (χ1v) is 7.37. The van der Waals surface area contributed by atoms with Crippen LogP contribution in [0.5, 0.6) is 0 Å². The molecule has 0 fully saturated rings. The van der Waals surface area contributed by atoms with Crippen LogP contribution in [-0.2, 0) is 22.2 Å². The molecule has 0 aromatic heterocycles. The van der Waals surface area contributed by atoms with Crippen molar-refractivity contribution in [2.24, 2.45) is 11.1 Å². The van der Waals surface area contributed by atoms with Crippen LogP contribution in [0.1, 0.15) is 32.4 Å². The molecule has 0 aliphatic rings. The summed E-state index contributed by atoms with van der Waals surface area (Å²) in [5, 5.41) is 0.